The Morgan fingerprint density at radius 3 is 2.63 bits per heavy atom. The fraction of sp³-hybridized carbons (Fsp3) is 0. The Balaban J connectivity index is 2.28. The molecule has 0 aliphatic heterocycles. The molecule has 0 atom stereocenters. The van der Waals surface area contributed by atoms with Gasteiger partial charge in [-0.25, -0.2) is 9.97 Å². The van der Waals surface area contributed by atoms with Crippen molar-refractivity contribution in [3.8, 4) is 0 Å². The van der Waals surface area contributed by atoms with Crippen molar-refractivity contribution in [2.75, 3.05) is 11.1 Å². The Labute approximate surface area is 123 Å². The van der Waals surface area contributed by atoms with Crippen LogP contribution >= 0.6 is 34.8 Å². The summed E-state index contributed by atoms with van der Waals surface area (Å²) in [6, 6.07) is 6.12. The largest absolute Gasteiger partial charge is 0.397 e. The molecule has 19 heavy (non-hydrogen) atoms. The van der Waals surface area contributed by atoms with Gasteiger partial charge in [0.1, 0.15) is 11.0 Å². The van der Waals surface area contributed by atoms with Gasteiger partial charge in [0, 0.05) is 6.07 Å². The normalized spacial score (nSPS) is 10.3. The zero-order chi connectivity index (χ0) is 14.0. The summed E-state index contributed by atoms with van der Waals surface area (Å²) in [6.45, 7) is 0. The highest BCUT2D eigenvalue weighted by Crippen LogP contribution is 2.23. The van der Waals surface area contributed by atoms with Gasteiger partial charge in [-0.3, -0.25) is 4.79 Å². The number of rotatable bonds is 2. The van der Waals surface area contributed by atoms with E-state index in [-0.39, 0.29) is 27.5 Å². The van der Waals surface area contributed by atoms with Gasteiger partial charge in [0.05, 0.1) is 16.3 Å². The lowest BCUT2D eigenvalue weighted by Gasteiger charge is -2.08. The van der Waals surface area contributed by atoms with E-state index < -0.39 is 5.91 Å². The van der Waals surface area contributed by atoms with Gasteiger partial charge in [-0.05, 0) is 23.7 Å². The van der Waals surface area contributed by atoms with E-state index in [1.54, 1.807) is 18.2 Å². The summed E-state index contributed by atoms with van der Waals surface area (Å²) < 4.78 is 0. The van der Waals surface area contributed by atoms with Gasteiger partial charge in [0.15, 0.2) is 0 Å². The first-order valence-corrected chi connectivity index (χ1v) is 6.16. The lowest BCUT2D eigenvalue weighted by Crippen LogP contribution is -2.15. The van der Waals surface area contributed by atoms with Crippen molar-refractivity contribution in [1.82, 2.24) is 9.97 Å². The quantitative estimate of drug-likeness (QED) is 0.506. The average molecular weight is 318 g/mol. The maximum absolute atomic E-state index is 12.0. The number of carbonyl (C=O) groups is 1. The van der Waals surface area contributed by atoms with Crippen molar-refractivity contribution in [2.45, 2.75) is 0 Å². The van der Waals surface area contributed by atoms with Crippen LogP contribution in [0.25, 0.3) is 0 Å². The summed E-state index contributed by atoms with van der Waals surface area (Å²) in [5.74, 6) is -0.291. The molecule has 0 aliphatic carbocycles. The number of nitrogen functional groups attached to an aromatic ring is 1. The molecule has 0 saturated carbocycles. The van der Waals surface area contributed by atoms with Crippen LogP contribution in [0.15, 0.2) is 24.3 Å². The number of anilines is 2. The maximum atomic E-state index is 12.0. The SMILES string of the molecule is Nc1c(Cl)cccc1C(=O)Nc1cc(Cl)nc(Cl)n1. The zero-order valence-electron chi connectivity index (χ0n) is 9.32. The molecule has 0 saturated heterocycles. The summed E-state index contributed by atoms with van der Waals surface area (Å²) in [6.07, 6.45) is 0. The number of nitrogens with two attached hydrogens (primary N) is 1. The fourth-order valence-electron chi connectivity index (χ4n) is 1.37. The van der Waals surface area contributed by atoms with Gasteiger partial charge in [0.2, 0.25) is 5.28 Å². The van der Waals surface area contributed by atoms with E-state index in [2.05, 4.69) is 15.3 Å². The lowest BCUT2D eigenvalue weighted by molar-refractivity contribution is 0.102. The molecule has 1 heterocycles. The minimum atomic E-state index is -0.467. The number of amides is 1. The van der Waals surface area contributed by atoms with Gasteiger partial charge < -0.3 is 11.1 Å². The summed E-state index contributed by atoms with van der Waals surface area (Å²) in [5, 5.41) is 2.86. The van der Waals surface area contributed by atoms with Crippen LogP contribution in [0.1, 0.15) is 10.4 Å². The molecule has 2 rings (SSSR count). The summed E-state index contributed by atoms with van der Waals surface area (Å²) in [5.41, 5.74) is 6.14. The molecule has 98 valence electrons. The summed E-state index contributed by atoms with van der Waals surface area (Å²) in [7, 11) is 0. The molecule has 5 nitrogen and oxygen atoms in total. The molecule has 2 aromatic rings. The van der Waals surface area contributed by atoms with Crippen LogP contribution in [-0.4, -0.2) is 15.9 Å². The van der Waals surface area contributed by atoms with E-state index in [4.69, 9.17) is 40.5 Å². The predicted octanol–water partition coefficient (Wildman–Crippen LogP) is 3.27. The van der Waals surface area contributed by atoms with E-state index >= 15 is 0 Å². The molecule has 0 fully saturated rings. The Morgan fingerprint density at radius 1 is 1.21 bits per heavy atom. The molecular formula is C11H7Cl3N4O. The number of para-hydroxylation sites is 1. The molecule has 0 radical (unpaired) electrons. The van der Waals surface area contributed by atoms with E-state index in [0.717, 1.165) is 0 Å². The van der Waals surface area contributed by atoms with Crippen LogP contribution in [0.2, 0.25) is 15.5 Å². The predicted molar refractivity (Wildman–Crippen MR) is 75.9 cm³/mol. The molecule has 0 aliphatic rings. The molecule has 0 bridgehead atoms. The van der Waals surface area contributed by atoms with Crippen molar-refractivity contribution in [3.63, 3.8) is 0 Å². The van der Waals surface area contributed by atoms with E-state index in [1.807, 2.05) is 0 Å². The Kier molecular flexibility index (Phi) is 4.09. The number of hydrogen-bond acceptors (Lipinski definition) is 4. The van der Waals surface area contributed by atoms with Crippen LogP contribution < -0.4 is 11.1 Å². The molecule has 1 aromatic heterocycles. The first-order valence-electron chi connectivity index (χ1n) is 5.03. The molecule has 0 unspecified atom stereocenters. The highest BCUT2D eigenvalue weighted by atomic mass is 35.5. The molecule has 0 spiro atoms. The number of nitrogens with one attached hydrogen (secondary N) is 1. The van der Waals surface area contributed by atoms with Crippen LogP contribution in [0, 0.1) is 0 Å². The third kappa shape index (κ3) is 3.26. The summed E-state index contributed by atoms with van der Waals surface area (Å²) in [4.78, 5) is 19.5. The smallest absolute Gasteiger partial charge is 0.258 e. The van der Waals surface area contributed by atoms with Crippen LogP contribution in [0.3, 0.4) is 0 Å². The third-order valence-corrected chi connectivity index (χ3v) is 2.90. The molecule has 3 N–H and O–H groups in total. The minimum Gasteiger partial charge on any atom is -0.397 e. The highest BCUT2D eigenvalue weighted by Gasteiger charge is 2.13. The van der Waals surface area contributed by atoms with Crippen molar-refractivity contribution < 1.29 is 4.79 Å². The zero-order valence-corrected chi connectivity index (χ0v) is 11.6. The van der Waals surface area contributed by atoms with Crippen molar-refractivity contribution >= 4 is 52.2 Å². The van der Waals surface area contributed by atoms with Crippen LogP contribution in [0.5, 0.6) is 0 Å². The van der Waals surface area contributed by atoms with E-state index in [1.165, 1.54) is 6.07 Å². The third-order valence-electron chi connectivity index (χ3n) is 2.21. The lowest BCUT2D eigenvalue weighted by atomic mass is 10.1. The van der Waals surface area contributed by atoms with Crippen molar-refractivity contribution in [3.05, 3.63) is 45.3 Å². The first-order chi connectivity index (χ1) is 8.97. The Bertz CT molecular complexity index is 628. The molecule has 8 heteroatoms. The Hall–Kier alpha value is -1.56. The van der Waals surface area contributed by atoms with Crippen molar-refractivity contribution in [1.29, 1.82) is 0 Å². The maximum Gasteiger partial charge on any atom is 0.258 e. The monoisotopic (exact) mass is 316 g/mol. The van der Waals surface area contributed by atoms with Gasteiger partial charge in [-0.2, -0.15) is 0 Å². The van der Waals surface area contributed by atoms with Gasteiger partial charge in [-0.15, -0.1) is 0 Å². The van der Waals surface area contributed by atoms with Gasteiger partial charge >= 0.3 is 0 Å². The van der Waals surface area contributed by atoms with E-state index in [9.17, 15) is 4.79 Å². The van der Waals surface area contributed by atoms with E-state index in [0.29, 0.717) is 5.02 Å². The summed E-state index contributed by atoms with van der Waals surface area (Å²) >= 11 is 17.2. The van der Waals surface area contributed by atoms with Crippen LogP contribution in [0.4, 0.5) is 11.5 Å². The van der Waals surface area contributed by atoms with Crippen LogP contribution in [-0.2, 0) is 0 Å². The minimum absolute atomic E-state index is 0.0677. The number of nitrogens with zero attached hydrogens (tertiary/aromatic N) is 2. The second-order valence-corrected chi connectivity index (χ2v) is 4.63. The van der Waals surface area contributed by atoms with Crippen molar-refractivity contribution in [2.24, 2.45) is 0 Å². The van der Waals surface area contributed by atoms with Gasteiger partial charge in [0.25, 0.3) is 5.91 Å². The number of carbonyl (C=O) groups excluding carboxylic acids is 1. The average Bonchev–Trinajstić information content (AvgIpc) is 2.31. The number of hydrogen-bond donors (Lipinski definition) is 2. The topological polar surface area (TPSA) is 80.9 Å². The standard InChI is InChI=1S/C11H7Cl3N4O/c12-6-3-1-2-5(9(6)15)10(19)17-8-4-7(13)16-11(14)18-8/h1-4H,15H2,(H,16,17,18,19). The molecule has 1 amide bonds. The fourth-order valence-corrected chi connectivity index (χ4v) is 1.96. The Morgan fingerprint density at radius 2 is 1.95 bits per heavy atom. The molecular weight excluding hydrogens is 311 g/mol. The van der Waals surface area contributed by atoms with Gasteiger partial charge in [-0.1, -0.05) is 29.3 Å². The first kappa shape index (κ1) is 13.9. The second kappa shape index (κ2) is 5.61. The number of aromatic nitrogens is 2. The molecule has 1 aromatic carbocycles. The number of benzene rings is 1. The number of halogens is 3. The highest BCUT2D eigenvalue weighted by molar-refractivity contribution is 6.34. The second-order valence-electron chi connectivity index (χ2n) is 3.50.